The molecule has 2 heterocycles. The maximum atomic E-state index is 6.00. The average Bonchev–Trinajstić information content (AvgIpc) is 2.70. The molecule has 3 atom stereocenters. The van der Waals surface area contributed by atoms with Crippen molar-refractivity contribution in [2.75, 3.05) is 19.6 Å². The molecule has 3 nitrogen and oxygen atoms in total. The fourth-order valence-electron chi connectivity index (χ4n) is 2.02. The second-order valence-electron chi connectivity index (χ2n) is 4.17. The number of hydrogen-bond acceptors (Lipinski definition) is 3. The number of nitrogens with zero attached hydrogens (tertiary/aromatic N) is 1. The molecule has 1 fully saturated rings. The van der Waals surface area contributed by atoms with Gasteiger partial charge in [-0.15, -0.1) is 0 Å². The second-order valence-corrected chi connectivity index (χ2v) is 5.41. The molecule has 0 aromatic heterocycles. The van der Waals surface area contributed by atoms with E-state index >= 15 is 0 Å². The van der Waals surface area contributed by atoms with Crippen LogP contribution in [0.15, 0.2) is 17.1 Å². The molecule has 0 spiro atoms. The van der Waals surface area contributed by atoms with Crippen LogP contribution in [0.3, 0.4) is 0 Å². The first kappa shape index (κ1) is 11.3. The Morgan fingerprint density at radius 2 is 2.53 bits per heavy atom. The van der Waals surface area contributed by atoms with Gasteiger partial charge in [0.05, 0.1) is 12.6 Å². The van der Waals surface area contributed by atoms with Gasteiger partial charge in [0.2, 0.25) is 0 Å². The standard InChI is InChI=1S/C11H17BrN2O/c1-9(10-3-6-13-7-10)15-11(12)4-2-5-14-8-11/h2,4,8-10,13H,3,5-7H2,1H3/t9-,10?,11?/m0/s1. The normalized spacial score (nSPS) is 37.1. The fourth-order valence-corrected chi connectivity index (χ4v) is 2.65. The predicted molar refractivity (Wildman–Crippen MR) is 65.7 cm³/mol. The van der Waals surface area contributed by atoms with Crippen molar-refractivity contribution in [2.45, 2.75) is 24.0 Å². The second kappa shape index (κ2) is 4.76. The van der Waals surface area contributed by atoms with Gasteiger partial charge in [0.15, 0.2) is 4.51 Å². The molecule has 2 unspecified atom stereocenters. The fraction of sp³-hybridized carbons (Fsp3) is 0.727. The zero-order chi connectivity index (χ0) is 10.7. The third kappa shape index (κ3) is 2.89. The molecule has 1 saturated heterocycles. The van der Waals surface area contributed by atoms with Crippen LogP contribution in [0.2, 0.25) is 0 Å². The van der Waals surface area contributed by atoms with Crippen LogP contribution in [0.1, 0.15) is 13.3 Å². The number of aliphatic imine (C=N–C) groups is 1. The number of nitrogens with one attached hydrogen (secondary N) is 1. The van der Waals surface area contributed by atoms with Crippen molar-refractivity contribution >= 4 is 22.1 Å². The Morgan fingerprint density at radius 1 is 1.67 bits per heavy atom. The number of halogens is 1. The lowest BCUT2D eigenvalue weighted by Gasteiger charge is -2.29. The lowest BCUT2D eigenvalue weighted by molar-refractivity contribution is 0.0122. The van der Waals surface area contributed by atoms with E-state index in [2.05, 4.69) is 33.2 Å². The Bertz CT molecular complexity index is 260. The van der Waals surface area contributed by atoms with E-state index in [-0.39, 0.29) is 6.10 Å². The van der Waals surface area contributed by atoms with Crippen LogP contribution in [-0.2, 0) is 4.74 Å². The number of rotatable bonds is 3. The van der Waals surface area contributed by atoms with Gasteiger partial charge in [0, 0.05) is 12.8 Å². The molecule has 0 saturated carbocycles. The summed E-state index contributed by atoms with van der Waals surface area (Å²) in [5.41, 5.74) is 0. The molecule has 0 aromatic carbocycles. The Morgan fingerprint density at radius 3 is 3.13 bits per heavy atom. The lowest BCUT2D eigenvalue weighted by atomic mass is 10.0. The zero-order valence-electron chi connectivity index (χ0n) is 8.95. The molecule has 0 aliphatic carbocycles. The van der Waals surface area contributed by atoms with Crippen molar-refractivity contribution in [2.24, 2.45) is 10.9 Å². The van der Waals surface area contributed by atoms with Gasteiger partial charge < -0.3 is 10.1 Å². The van der Waals surface area contributed by atoms with Crippen LogP contribution in [0.5, 0.6) is 0 Å². The van der Waals surface area contributed by atoms with Crippen molar-refractivity contribution < 1.29 is 4.74 Å². The molecular weight excluding hydrogens is 256 g/mol. The first-order valence-corrected chi connectivity index (χ1v) is 6.25. The van der Waals surface area contributed by atoms with Crippen molar-refractivity contribution in [1.29, 1.82) is 0 Å². The van der Waals surface area contributed by atoms with Crippen molar-refractivity contribution in [1.82, 2.24) is 5.32 Å². The van der Waals surface area contributed by atoms with Gasteiger partial charge in [-0.25, -0.2) is 0 Å². The van der Waals surface area contributed by atoms with Crippen LogP contribution < -0.4 is 5.32 Å². The number of ether oxygens (including phenoxy) is 1. The number of hydrogen-bond donors (Lipinski definition) is 1. The highest BCUT2D eigenvalue weighted by Gasteiger charge is 2.30. The Labute approximate surface area is 99.1 Å². The van der Waals surface area contributed by atoms with E-state index in [0.717, 1.165) is 19.6 Å². The molecule has 84 valence electrons. The van der Waals surface area contributed by atoms with Crippen LogP contribution in [0, 0.1) is 5.92 Å². The Hall–Kier alpha value is -0.190. The SMILES string of the molecule is C[C@H](OC1(Br)C=CCN=C1)C1CCNC1. The molecule has 2 aliphatic heterocycles. The van der Waals surface area contributed by atoms with Crippen molar-refractivity contribution in [3.05, 3.63) is 12.2 Å². The van der Waals surface area contributed by atoms with E-state index in [1.807, 2.05) is 18.4 Å². The third-order valence-electron chi connectivity index (χ3n) is 2.95. The highest BCUT2D eigenvalue weighted by Crippen LogP contribution is 2.27. The molecule has 0 radical (unpaired) electrons. The summed E-state index contributed by atoms with van der Waals surface area (Å²) < 4.78 is 5.52. The van der Waals surface area contributed by atoms with Gasteiger partial charge in [-0.2, -0.15) is 0 Å². The van der Waals surface area contributed by atoms with E-state index in [0.29, 0.717) is 5.92 Å². The van der Waals surface area contributed by atoms with Gasteiger partial charge in [-0.05, 0) is 47.8 Å². The number of dihydropyridines is 1. The highest BCUT2D eigenvalue weighted by molar-refractivity contribution is 9.10. The van der Waals surface area contributed by atoms with Crippen molar-refractivity contribution in [3.63, 3.8) is 0 Å². The van der Waals surface area contributed by atoms with Gasteiger partial charge >= 0.3 is 0 Å². The van der Waals surface area contributed by atoms with Crippen molar-refractivity contribution in [3.8, 4) is 0 Å². The minimum atomic E-state index is -0.479. The molecule has 1 N–H and O–H groups in total. The molecule has 0 amide bonds. The first-order chi connectivity index (χ1) is 7.20. The minimum Gasteiger partial charge on any atom is -0.352 e. The number of alkyl halides is 1. The summed E-state index contributed by atoms with van der Waals surface area (Å²) in [6.45, 7) is 5.07. The van der Waals surface area contributed by atoms with E-state index < -0.39 is 4.51 Å². The molecule has 0 aromatic rings. The van der Waals surface area contributed by atoms with Crippen LogP contribution in [0.4, 0.5) is 0 Å². The first-order valence-electron chi connectivity index (χ1n) is 5.46. The summed E-state index contributed by atoms with van der Waals surface area (Å²) in [4.78, 5) is 4.21. The smallest absolute Gasteiger partial charge is 0.176 e. The summed E-state index contributed by atoms with van der Waals surface area (Å²) in [5.74, 6) is 0.614. The van der Waals surface area contributed by atoms with Crippen LogP contribution >= 0.6 is 15.9 Å². The van der Waals surface area contributed by atoms with Crippen LogP contribution in [-0.4, -0.2) is 36.5 Å². The summed E-state index contributed by atoms with van der Waals surface area (Å²) in [5, 5.41) is 3.36. The van der Waals surface area contributed by atoms with Gasteiger partial charge in [-0.1, -0.05) is 6.08 Å². The summed E-state index contributed by atoms with van der Waals surface area (Å²) >= 11 is 3.56. The summed E-state index contributed by atoms with van der Waals surface area (Å²) in [7, 11) is 0. The Kier molecular flexibility index (Phi) is 3.59. The van der Waals surface area contributed by atoms with Gasteiger partial charge in [-0.3, -0.25) is 4.99 Å². The highest BCUT2D eigenvalue weighted by atomic mass is 79.9. The molecule has 0 bridgehead atoms. The summed E-state index contributed by atoms with van der Waals surface area (Å²) in [6, 6.07) is 0. The topological polar surface area (TPSA) is 33.6 Å². The third-order valence-corrected chi connectivity index (χ3v) is 3.61. The van der Waals surface area contributed by atoms with E-state index in [1.165, 1.54) is 6.42 Å². The zero-order valence-corrected chi connectivity index (χ0v) is 10.5. The average molecular weight is 273 g/mol. The maximum Gasteiger partial charge on any atom is 0.176 e. The van der Waals surface area contributed by atoms with Crippen LogP contribution in [0.25, 0.3) is 0 Å². The van der Waals surface area contributed by atoms with E-state index in [4.69, 9.17) is 4.74 Å². The largest absolute Gasteiger partial charge is 0.352 e. The summed E-state index contributed by atoms with van der Waals surface area (Å²) in [6.07, 6.45) is 7.33. The molecule has 2 aliphatic rings. The quantitative estimate of drug-likeness (QED) is 0.627. The van der Waals surface area contributed by atoms with E-state index in [1.54, 1.807) is 0 Å². The molecule has 4 heteroatoms. The molecular formula is C11H17BrN2O. The lowest BCUT2D eigenvalue weighted by Crippen LogP contribution is -2.35. The monoisotopic (exact) mass is 272 g/mol. The predicted octanol–water partition coefficient (Wildman–Crippen LogP) is 1.73. The van der Waals surface area contributed by atoms with Gasteiger partial charge in [0.1, 0.15) is 0 Å². The molecule has 2 rings (SSSR count). The Balaban J connectivity index is 1.92. The molecule has 15 heavy (non-hydrogen) atoms. The minimum absolute atomic E-state index is 0.244. The maximum absolute atomic E-state index is 6.00. The van der Waals surface area contributed by atoms with Gasteiger partial charge in [0.25, 0.3) is 0 Å². The van der Waals surface area contributed by atoms with E-state index in [9.17, 15) is 0 Å².